The quantitative estimate of drug-likeness (QED) is 0.483. The molecule has 0 bridgehead atoms. The summed E-state index contributed by atoms with van der Waals surface area (Å²) in [5, 5.41) is 0. The van der Waals surface area contributed by atoms with E-state index in [2.05, 4.69) is 5.48 Å². The topological polar surface area (TPSA) is 56.8 Å². The molecule has 5 nitrogen and oxygen atoms in total. The van der Waals surface area contributed by atoms with Crippen LogP contribution >= 0.6 is 0 Å². The number of hydrogen-bond donors (Lipinski definition) is 1. The number of carbonyl (C=O) groups is 1. The minimum atomic E-state index is -0.331. The smallest absolute Gasteiger partial charge is 0.272 e. The van der Waals surface area contributed by atoms with Crippen LogP contribution in [0.2, 0.25) is 0 Å². The van der Waals surface area contributed by atoms with Gasteiger partial charge >= 0.3 is 0 Å². The molecule has 0 aliphatic carbocycles. The lowest BCUT2D eigenvalue weighted by Gasteiger charge is -2.09. The molecule has 1 aliphatic heterocycles. The predicted molar refractivity (Wildman–Crippen MR) is 44.9 cm³/mol. The number of ether oxygens (including phenoxy) is 2. The minimum absolute atomic E-state index is 0.200. The third-order valence-electron chi connectivity index (χ3n) is 1.78. The van der Waals surface area contributed by atoms with Gasteiger partial charge in [0, 0.05) is 13.7 Å². The lowest BCUT2D eigenvalue weighted by Crippen LogP contribution is -2.34. The number of methoxy groups -OCH3 is 1. The van der Waals surface area contributed by atoms with Crippen LogP contribution in [0.5, 0.6) is 0 Å². The van der Waals surface area contributed by atoms with Gasteiger partial charge in [-0.2, -0.15) is 0 Å². The van der Waals surface area contributed by atoms with E-state index in [9.17, 15) is 4.79 Å². The molecule has 0 aromatic rings. The summed E-state index contributed by atoms with van der Waals surface area (Å²) in [5.74, 6) is -0.200. The summed E-state index contributed by atoms with van der Waals surface area (Å²) < 4.78 is 9.89. The first-order valence-corrected chi connectivity index (χ1v) is 4.37. The Morgan fingerprint density at radius 1 is 1.62 bits per heavy atom. The Kier molecular flexibility index (Phi) is 4.74. The van der Waals surface area contributed by atoms with Crippen LogP contribution in [-0.2, 0) is 19.1 Å². The summed E-state index contributed by atoms with van der Waals surface area (Å²) >= 11 is 0. The highest BCUT2D eigenvalue weighted by molar-refractivity contribution is 5.79. The van der Waals surface area contributed by atoms with Crippen molar-refractivity contribution in [1.29, 1.82) is 0 Å². The van der Waals surface area contributed by atoms with E-state index in [0.29, 0.717) is 19.8 Å². The summed E-state index contributed by atoms with van der Waals surface area (Å²) in [6, 6.07) is 0. The van der Waals surface area contributed by atoms with Crippen molar-refractivity contribution in [2.24, 2.45) is 0 Å². The van der Waals surface area contributed by atoms with E-state index in [1.54, 1.807) is 7.11 Å². The number of hydroxylamine groups is 1. The zero-order chi connectivity index (χ0) is 9.52. The lowest BCUT2D eigenvalue weighted by molar-refractivity contribution is -0.143. The van der Waals surface area contributed by atoms with Gasteiger partial charge in [-0.05, 0) is 12.8 Å². The minimum Gasteiger partial charge on any atom is -0.382 e. The second-order valence-electron chi connectivity index (χ2n) is 2.81. The molecular formula is C8H15NO4. The van der Waals surface area contributed by atoms with Crippen LogP contribution in [0.3, 0.4) is 0 Å². The maximum Gasteiger partial charge on any atom is 0.272 e. The van der Waals surface area contributed by atoms with Crippen LogP contribution in [0.4, 0.5) is 0 Å². The molecule has 76 valence electrons. The van der Waals surface area contributed by atoms with Crippen LogP contribution in [-0.4, -0.2) is 38.9 Å². The van der Waals surface area contributed by atoms with Crippen molar-refractivity contribution in [2.45, 2.75) is 18.9 Å². The van der Waals surface area contributed by atoms with Crippen molar-refractivity contribution >= 4 is 5.91 Å². The Bertz CT molecular complexity index is 156. The average Bonchev–Trinajstić information content (AvgIpc) is 2.65. The largest absolute Gasteiger partial charge is 0.382 e. The van der Waals surface area contributed by atoms with Crippen molar-refractivity contribution in [3.8, 4) is 0 Å². The number of hydrogen-bond acceptors (Lipinski definition) is 4. The van der Waals surface area contributed by atoms with Gasteiger partial charge in [0.05, 0.1) is 13.2 Å². The van der Waals surface area contributed by atoms with Crippen LogP contribution in [0.15, 0.2) is 0 Å². The Morgan fingerprint density at radius 3 is 3.08 bits per heavy atom. The van der Waals surface area contributed by atoms with Crippen molar-refractivity contribution in [2.75, 3.05) is 26.9 Å². The maximum absolute atomic E-state index is 11.2. The molecule has 0 radical (unpaired) electrons. The number of nitrogens with one attached hydrogen (secondary N) is 1. The van der Waals surface area contributed by atoms with E-state index in [1.165, 1.54) is 0 Å². The molecule has 0 unspecified atom stereocenters. The van der Waals surface area contributed by atoms with Gasteiger partial charge in [-0.1, -0.05) is 0 Å². The van der Waals surface area contributed by atoms with Crippen molar-refractivity contribution in [3.05, 3.63) is 0 Å². The van der Waals surface area contributed by atoms with Gasteiger partial charge < -0.3 is 9.47 Å². The van der Waals surface area contributed by atoms with Gasteiger partial charge in [0.15, 0.2) is 0 Å². The maximum atomic E-state index is 11.2. The first kappa shape index (κ1) is 10.4. The first-order valence-electron chi connectivity index (χ1n) is 4.37. The highest BCUT2D eigenvalue weighted by Gasteiger charge is 2.23. The molecule has 1 amide bonds. The SMILES string of the molecule is COCCONC(=O)[C@@H]1CCCO1. The second kappa shape index (κ2) is 5.90. The number of rotatable bonds is 5. The normalized spacial score (nSPS) is 21.8. The zero-order valence-electron chi connectivity index (χ0n) is 7.75. The van der Waals surface area contributed by atoms with E-state index in [-0.39, 0.29) is 12.0 Å². The zero-order valence-corrected chi connectivity index (χ0v) is 7.75. The van der Waals surface area contributed by atoms with Gasteiger partial charge in [0.1, 0.15) is 6.10 Å². The molecule has 0 aromatic carbocycles. The highest BCUT2D eigenvalue weighted by atomic mass is 16.7. The van der Waals surface area contributed by atoms with E-state index < -0.39 is 0 Å². The summed E-state index contributed by atoms with van der Waals surface area (Å²) in [7, 11) is 1.57. The third-order valence-corrected chi connectivity index (χ3v) is 1.78. The lowest BCUT2D eigenvalue weighted by atomic mass is 10.2. The monoisotopic (exact) mass is 189 g/mol. The molecule has 1 fully saturated rings. The Labute approximate surface area is 77.3 Å². The Hall–Kier alpha value is -0.650. The molecule has 1 atom stereocenters. The summed E-state index contributed by atoms with van der Waals surface area (Å²) in [6.45, 7) is 1.48. The molecule has 1 saturated heterocycles. The van der Waals surface area contributed by atoms with Crippen LogP contribution in [0.25, 0.3) is 0 Å². The molecule has 1 N–H and O–H groups in total. The molecule has 0 saturated carbocycles. The molecule has 1 heterocycles. The Morgan fingerprint density at radius 2 is 2.46 bits per heavy atom. The molecule has 0 aromatic heterocycles. The van der Waals surface area contributed by atoms with Gasteiger partial charge in [-0.15, -0.1) is 0 Å². The fraction of sp³-hybridized carbons (Fsp3) is 0.875. The molecule has 5 heteroatoms. The second-order valence-corrected chi connectivity index (χ2v) is 2.81. The molecule has 1 rings (SSSR count). The molecular weight excluding hydrogens is 174 g/mol. The van der Waals surface area contributed by atoms with E-state index in [0.717, 1.165) is 12.8 Å². The summed E-state index contributed by atoms with van der Waals surface area (Å²) in [5.41, 5.74) is 2.32. The van der Waals surface area contributed by atoms with Crippen molar-refractivity contribution in [3.63, 3.8) is 0 Å². The predicted octanol–water partition coefficient (Wildman–Crippen LogP) is -0.140. The van der Waals surface area contributed by atoms with Crippen LogP contribution in [0.1, 0.15) is 12.8 Å². The van der Waals surface area contributed by atoms with E-state index in [1.807, 2.05) is 0 Å². The highest BCUT2D eigenvalue weighted by Crippen LogP contribution is 2.11. The van der Waals surface area contributed by atoms with Gasteiger partial charge in [0.2, 0.25) is 0 Å². The van der Waals surface area contributed by atoms with Gasteiger partial charge in [0.25, 0.3) is 5.91 Å². The van der Waals surface area contributed by atoms with E-state index >= 15 is 0 Å². The standard InChI is InChI=1S/C8H15NO4/c1-11-5-6-13-9-8(10)7-3-2-4-12-7/h7H,2-6H2,1H3,(H,9,10)/t7-/m0/s1. The van der Waals surface area contributed by atoms with E-state index in [4.69, 9.17) is 14.3 Å². The van der Waals surface area contributed by atoms with Crippen LogP contribution < -0.4 is 5.48 Å². The Balaban J connectivity index is 2.03. The summed E-state index contributed by atoms with van der Waals surface area (Å²) in [4.78, 5) is 16.1. The van der Waals surface area contributed by atoms with Gasteiger partial charge in [-0.25, -0.2) is 5.48 Å². The summed E-state index contributed by atoms with van der Waals surface area (Å²) in [6.07, 6.45) is 1.39. The van der Waals surface area contributed by atoms with Gasteiger partial charge in [-0.3, -0.25) is 9.63 Å². The number of carbonyl (C=O) groups excluding carboxylic acids is 1. The van der Waals surface area contributed by atoms with Crippen molar-refractivity contribution < 1.29 is 19.1 Å². The van der Waals surface area contributed by atoms with Crippen molar-refractivity contribution in [1.82, 2.24) is 5.48 Å². The molecule has 1 aliphatic rings. The molecule has 0 spiro atoms. The number of amides is 1. The average molecular weight is 189 g/mol. The first-order chi connectivity index (χ1) is 6.34. The van der Waals surface area contributed by atoms with Crippen LogP contribution in [0, 0.1) is 0 Å². The molecule has 13 heavy (non-hydrogen) atoms. The fourth-order valence-electron chi connectivity index (χ4n) is 1.10. The fourth-order valence-corrected chi connectivity index (χ4v) is 1.10. The third kappa shape index (κ3) is 3.71.